The van der Waals surface area contributed by atoms with E-state index in [9.17, 15) is 4.79 Å². The normalized spacial score (nSPS) is 26.0. The molecule has 1 rings (SSSR count). The average molecular weight is 285 g/mol. The van der Waals surface area contributed by atoms with Crippen LogP contribution >= 0.6 is 0 Å². The van der Waals surface area contributed by atoms with Gasteiger partial charge in [-0.1, -0.05) is 19.8 Å². The summed E-state index contributed by atoms with van der Waals surface area (Å²) in [4.78, 5) is 11.6. The second kappa shape index (κ2) is 8.63. The van der Waals surface area contributed by atoms with E-state index in [2.05, 4.69) is 6.92 Å². The van der Waals surface area contributed by atoms with Gasteiger partial charge in [-0.05, 0) is 51.9 Å². The van der Waals surface area contributed by atoms with Gasteiger partial charge in [0.2, 0.25) is 0 Å². The van der Waals surface area contributed by atoms with Crippen LogP contribution in [-0.4, -0.2) is 30.8 Å². The smallest absolute Gasteiger partial charge is 0.325 e. The quantitative estimate of drug-likeness (QED) is 0.550. The van der Waals surface area contributed by atoms with Crippen molar-refractivity contribution in [3.8, 4) is 0 Å². The molecule has 118 valence electrons. The summed E-state index contributed by atoms with van der Waals surface area (Å²) >= 11 is 0. The van der Waals surface area contributed by atoms with Gasteiger partial charge in [-0.2, -0.15) is 0 Å². The van der Waals surface area contributed by atoms with E-state index in [1.807, 2.05) is 0 Å². The third-order valence-electron chi connectivity index (χ3n) is 4.20. The van der Waals surface area contributed by atoms with E-state index in [-0.39, 0.29) is 5.97 Å². The molecule has 0 amide bonds. The maximum atomic E-state index is 11.6. The van der Waals surface area contributed by atoms with Gasteiger partial charge < -0.3 is 15.2 Å². The van der Waals surface area contributed by atoms with Crippen molar-refractivity contribution in [1.82, 2.24) is 0 Å². The van der Waals surface area contributed by atoms with E-state index in [1.54, 1.807) is 13.8 Å². The van der Waals surface area contributed by atoms with Gasteiger partial charge in [-0.3, -0.25) is 4.79 Å². The zero-order valence-corrected chi connectivity index (χ0v) is 13.3. The van der Waals surface area contributed by atoms with Crippen molar-refractivity contribution in [2.75, 3.05) is 13.2 Å². The van der Waals surface area contributed by atoms with Crippen LogP contribution in [0, 0.1) is 5.92 Å². The predicted molar refractivity (Wildman–Crippen MR) is 80.4 cm³/mol. The molecule has 4 heteroatoms. The molecule has 0 bridgehead atoms. The van der Waals surface area contributed by atoms with Gasteiger partial charge in [0.25, 0.3) is 0 Å². The van der Waals surface area contributed by atoms with E-state index < -0.39 is 5.54 Å². The molecule has 20 heavy (non-hydrogen) atoms. The van der Waals surface area contributed by atoms with Gasteiger partial charge in [0, 0.05) is 6.61 Å². The SMILES string of the molecule is CCOC(=O)C(C)(N)CCCCOC1CCCCC1C. The lowest BCUT2D eigenvalue weighted by Gasteiger charge is -2.29. The highest BCUT2D eigenvalue weighted by molar-refractivity contribution is 5.79. The lowest BCUT2D eigenvalue weighted by molar-refractivity contribution is -0.149. The first-order valence-corrected chi connectivity index (χ1v) is 8.05. The third kappa shape index (κ3) is 5.80. The van der Waals surface area contributed by atoms with Crippen LogP contribution in [0.5, 0.6) is 0 Å². The Balaban J connectivity index is 2.13. The minimum atomic E-state index is -0.867. The fraction of sp³-hybridized carbons (Fsp3) is 0.938. The molecule has 4 nitrogen and oxygen atoms in total. The minimum Gasteiger partial charge on any atom is -0.465 e. The molecule has 1 aliphatic rings. The molecular formula is C16H31NO3. The van der Waals surface area contributed by atoms with E-state index >= 15 is 0 Å². The largest absolute Gasteiger partial charge is 0.465 e. The van der Waals surface area contributed by atoms with Gasteiger partial charge >= 0.3 is 5.97 Å². The summed E-state index contributed by atoms with van der Waals surface area (Å²) in [6, 6.07) is 0. The zero-order valence-electron chi connectivity index (χ0n) is 13.3. The maximum Gasteiger partial charge on any atom is 0.325 e. The lowest BCUT2D eigenvalue weighted by atomic mass is 9.88. The van der Waals surface area contributed by atoms with E-state index in [4.69, 9.17) is 15.2 Å². The summed E-state index contributed by atoms with van der Waals surface area (Å²) in [7, 11) is 0. The Morgan fingerprint density at radius 2 is 2.00 bits per heavy atom. The Bertz CT molecular complexity index is 291. The first-order chi connectivity index (χ1) is 9.47. The Kier molecular flexibility index (Phi) is 7.52. The highest BCUT2D eigenvalue weighted by Crippen LogP contribution is 2.26. The second-order valence-corrected chi connectivity index (χ2v) is 6.27. The zero-order chi connectivity index (χ0) is 15.0. The monoisotopic (exact) mass is 285 g/mol. The van der Waals surface area contributed by atoms with Crippen molar-refractivity contribution in [1.29, 1.82) is 0 Å². The Morgan fingerprint density at radius 3 is 2.65 bits per heavy atom. The molecule has 0 heterocycles. The number of carbonyl (C=O) groups excluding carboxylic acids is 1. The summed E-state index contributed by atoms with van der Waals surface area (Å²) < 4.78 is 10.9. The van der Waals surface area contributed by atoms with Crippen LogP contribution < -0.4 is 5.73 Å². The Hall–Kier alpha value is -0.610. The van der Waals surface area contributed by atoms with Crippen molar-refractivity contribution in [3.05, 3.63) is 0 Å². The molecular weight excluding hydrogens is 254 g/mol. The third-order valence-corrected chi connectivity index (χ3v) is 4.20. The van der Waals surface area contributed by atoms with Crippen LogP contribution in [0.15, 0.2) is 0 Å². The second-order valence-electron chi connectivity index (χ2n) is 6.27. The summed E-state index contributed by atoms with van der Waals surface area (Å²) in [5, 5.41) is 0. The van der Waals surface area contributed by atoms with Gasteiger partial charge in [0.15, 0.2) is 0 Å². The first-order valence-electron chi connectivity index (χ1n) is 8.05. The summed E-state index contributed by atoms with van der Waals surface area (Å²) in [5.41, 5.74) is 5.11. The number of nitrogens with two attached hydrogens (primary N) is 1. The highest BCUT2D eigenvalue weighted by atomic mass is 16.5. The number of rotatable bonds is 8. The number of carbonyl (C=O) groups is 1. The molecule has 2 N–H and O–H groups in total. The van der Waals surface area contributed by atoms with Crippen molar-refractivity contribution in [3.63, 3.8) is 0 Å². The van der Waals surface area contributed by atoms with Crippen LogP contribution in [0.2, 0.25) is 0 Å². The van der Waals surface area contributed by atoms with Crippen LogP contribution in [-0.2, 0) is 14.3 Å². The number of esters is 1. The lowest BCUT2D eigenvalue weighted by Crippen LogP contribution is -2.46. The molecule has 0 saturated heterocycles. The molecule has 0 spiro atoms. The van der Waals surface area contributed by atoms with Crippen LogP contribution in [0.3, 0.4) is 0 Å². The van der Waals surface area contributed by atoms with Crippen molar-refractivity contribution in [2.45, 2.75) is 77.4 Å². The van der Waals surface area contributed by atoms with E-state index in [0.717, 1.165) is 19.4 Å². The Morgan fingerprint density at radius 1 is 1.30 bits per heavy atom. The molecule has 0 radical (unpaired) electrons. The predicted octanol–water partition coefficient (Wildman–Crippen LogP) is 3.03. The van der Waals surface area contributed by atoms with Gasteiger partial charge in [-0.25, -0.2) is 0 Å². The van der Waals surface area contributed by atoms with Crippen molar-refractivity contribution >= 4 is 5.97 Å². The maximum absolute atomic E-state index is 11.6. The molecule has 1 aliphatic carbocycles. The first kappa shape index (κ1) is 17.4. The van der Waals surface area contributed by atoms with Gasteiger partial charge in [0.1, 0.15) is 5.54 Å². The molecule has 0 aromatic heterocycles. The van der Waals surface area contributed by atoms with E-state index in [1.165, 1.54) is 25.7 Å². The van der Waals surface area contributed by atoms with Crippen LogP contribution in [0.1, 0.15) is 65.7 Å². The van der Waals surface area contributed by atoms with Crippen molar-refractivity contribution < 1.29 is 14.3 Å². The average Bonchev–Trinajstić information content (AvgIpc) is 2.40. The summed E-state index contributed by atoms with van der Waals surface area (Å²) in [5.74, 6) is 0.380. The molecule has 0 aliphatic heterocycles. The Labute approximate surface area is 123 Å². The minimum absolute atomic E-state index is 0.304. The molecule has 1 fully saturated rings. The fourth-order valence-corrected chi connectivity index (χ4v) is 2.76. The molecule has 0 aromatic carbocycles. The van der Waals surface area contributed by atoms with Crippen LogP contribution in [0.25, 0.3) is 0 Å². The van der Waals surface area contributed by atoms with Gasteiger partial charge in [0.05, 0.1) is 12.7 Å². The van der Waals surface area contributed by atoms with Crippen LogP contribution in [0.4, 0.5) is 0 Å². The molecule has 0 aromatic rings. The van der Waals surface area contributed by atoms with Crippen molar-refractivity contribution in [2.24, 2.45) is 11.7 Å². The molecule has 3 unspecified atom stereocenters. The van der Waals surface area contributed by atoms with E-state index in [0.29, 0.717) is 25.0 Å². The van der Waals surface area contributed by atoms with Gasteiger partial charge in [-0.15, -0.1) is 0 Å². The molecule has 1 saturated carbocycles. The highest BCUT2D eigenvalue weighted by Gasteiger charge is 2.29. The summed E-state index contributed by atoms with van der Waals surface area (Å²) in [6.45, 7) is 6.98. The molecule has 3 atom stereocenters. The number of unbranched alkanes of at least 4 members (excludes halogenated alkanes) is 1. The number of ether oxygens (including phenoxy) is 2. The fourth-order valence-electron chi connectivity index (χ4n) is 2.76. The standard InChI is InChI=1S/C16H31NO3/c1-4-19-15(18)16(3,17)11-7-8-12-20-14-10-6-5-9-13(14)2/h13-14H,4-12,17H2,1-3H3. The number of hydrogen-bond acceptors (Lipinski definition) is 4. The summed E-state index contributed by atoms with van der Waals surface area (Å²) in [6.07, 6.45) is 8.04. The topological polar surface area (TPSA) is 61.5 Å². The number of hydrogen-bond donors (Lipinski definition) is 1.